The van der Waals surface area contributed by atoms with Gasteiger partial charge in [0.1, 0.15) is 6.54 Å². The van der Waals surface area contributed by atoms with Crippen LogP contribution in [0.25, 0.3) is 0 Å². The summed E-state index contributed by atoms with van der Waals surface area (Å²) in [6, 6.07) is 11.4. The Hall–Kier alpha value is 0.150. The van der Waals surface area contributed by atoms with Crippen molar-refractivity contribution in [3.05, 3.63) is 35.9 Å². The van der Waals surface area contributed by atoms with Crippen molar-refractivity contribution in [3.8, 4) is 0 Å². The second-order valence-corrected chi connectivity index (χ2v) is 5.97. The summed E-state index contributed by atoms with van der Waals surface area (Å²) < 4.78 is 9.76. The SMILES string of the molecule is ICC1OC(CCc2ccccc2)=[N+]2CCC[C@@H]12.[I-]. The average Bonchev–Trinajstić information content (AvgIpc) is 3.00. The Morgan fingerprint density at radius 2 is 2.00 bits per heavy atom. The molecule has 19 heavy (non-hydrogen) atoms. The third-order valence-electron chi connectivity index (χ3n) is 3.96. The number of benzene rings is 1. The summed E-state index contributed by atoms with van der Waals surface area (Å²) >= 11 is 2.45. The van der Waals surface area contributed by atoms with E-state index >= 15 is 0 Å². The molecule has 0 spiro atoms. The van der Waals surface area contributed by atoms with Crippen molar-refractivity contribution in [2.45, 2.75) is 37.8 Å². The van der Waals surface area contributed by atoms with Crippen LogP contribution in [0.1, 0.15) is 24.8 Å². The van der Waals surface area contributed by atoms with E-state index in [1.165, 1.54) is 30.8 Å². The second-order valence-electron chi connectivity index (χ2n) is 5.09. The molecule has 2 heterocycles. The zero-order valence-corrected chi connectivity index (χ0v) is 15.2. The van der Waals surface area contributed by atoms with E-state index < -0.39 is 0 Å². The van der Waals surface area contributed by atoms with Gasteiger partial charge in [-0.15, -0.1) is 0 Å². The van der Waals surface area contributed by atoms with Gasteiger partial charge < -0.3 is 28.7 Å². The number of nitrogens with zero attached hydrogens (tertiary/aromatic N) is 1. The van der Waals surface area contributed by atoms with Gasteiger partial charge in [-0.05, 0) is 12.0 Å². The molecule has 4 heteroatoms. The molecule has 1 aromatic carbocycles. The van der Waals surface area contributed by atoms with Crippen LogP contribution in [0.4, 0.5) is 0 Å². The Morgan fingerprint density at radius 1 is 1.21 bits per heavy atom. The number of fused-ring (bicyclic) bond motifs is 1. The van der Waals surface area contributed by atoms with Crippen molar-refractivity contribution in [3.63, 3.8) is 0 Å². The number of hydrogen-bond donors (Lipinski definition) is 0. The first-order valence-electron chi connectivity index (χ1n) is 6.77. The molecular formula is C15H19I2NO. The number of alkyl halides is 1. The Bertz CT molecular complexity index is 447. The number of ether oxygens (including phenoxy) is 1. The zero-order chi connectivity index (χ0) is 12.4. The van der Waals surface area contributed by atoms with Crippen LogP contribution in [-0.2, 0) is 11.2 Å². The highest BCUT2D eigenvalue weighted by Gasteiger charge is 2.45. The minimum absolute atomic E-state index is 0. The highest BCUT2D eigenvalue weighted by molar-refractivity contribution is 14.1. The molecule has 0 aromatic heterocycles. The van der Waals surface area contributed by atoms with Crippen molar-refractivity contribution in [2.24, 2.45) is 0 Å². The van der Waals surface area contributed by atoms with E-state index in [1.807, 2.05) is 0 Å². The summed E-state index contributed by atoms with van der Waals surface area (Å²) in [5.41, 5.74) is 1.40. The molecule has 104 valence electrons. The molecule has 2 nitrogen and oxygen atoms in total. The van der Waals surface area contributed by atoms with E-state index in [4.69, 9.17) is 4.74 Å². The maximum absolute atomic E-state index is 6.13. The fraction of sp³-hybridized carbons (Fsp3) is 0.533. The fourth-order valence-corrected chi connectivity index (χ4v) is 3.81. The van der Waals surface area contributed by atoms with Crippen LogP contribution in [0.15, 0.2) is 30.3 Å². The predicted octanol–water partition coefficient (Wildman–Crippen LogP) is 0.0304. The van der Waals surface area contributed by atoms with Crippen LogP contribution in [-0.4, -0.2) is 33.6 Å². The molecule has 2 aliphatic heterocycles. The maximum Gasteiger partial charge on any atom is 0.337 e. The number of aryl methyl sites for hydroxylation is 1. The summed E-state index contributed by atoms with van der Waals surface area (Å²) in [6.45, 7) is 1.20. The first-order chi connectivity index (χ1) is 8.88. The summed E-state index contributed by atoms with van der Waals surface area (Å²) in [5.74, 6) is 1.24. The summed E-state index contributed by atoms with van der Waals surface area (Å²) in [4.78, 5) is 0. The molecule has 2 atom stereocenters. The fourth-order valence-electron chi connectivity index (χ4n) is 3.04. The van der Waals surface area contributed by atoms with Gasteiger partial charge in [-0.25, -0.2) is 0 Å². The van der Waals surface area contributed by atoms with E-state index in [9.17, 15) is 0 Å². The molecule has 0 aliphatic carbocycles. The molecule has 0 bridgehead atoms. The minimum Gasteiger partial charge on any atom is -1.00 e. The average molecular weight is 483 g/mol. The Morgan fingerprint density at radius 3 is 2.74 bits per heavy atom. The van der Waals surface area contributed by atoms with Gasteiger partial charge in [0.25, 0.3) is 0 Å². The van der Waals surface area contributed by atoms with Crippen LogP contribution in [0.2, 0.25) is 0 Å². The van der Waals surface area contributed by atoms with Gasteiger partial charge in [-0.3, -0.25) is 0 Å². The van der Waals surface area contributed by atoms with Gasteiger partial charge in [0.05, 0.1) is 6.42 Å². The number of hydrogen-bond acceptors (Lipinski definition) is 1. The summed E-state index contributed by atoms with van der Waals surface area (Å²) in [5, 5.41) is 0. The van der Waals surface area contributed by atoms with Gasteiger partial charge in [0, 0.05) is 17.3 Å². The Kier molecular flexibility index (Phi) is 5.92. The second kappa shape index (κ2) is 7.24. The lowest BCUT2D eigenvalue weighted by molar-refractivity contribution is -0.537. The normalized spacial score (nSPS) is 24.9. The zero-order valence-electron chi connectivity index (χ0n) is 10.9. The van der Waals surface area contributed by atoms with Crippen molar-refractivity contribution >= 4 is 28.5 Å². The molecule has 1 fully saturated rings. The van der Waals surface area contributed by atoms with Crippen LogP contribution >= 0.6 is 22.6 Å². The standard InChI is InChI=1S/C15H19INO.HI/c16-11-14-13-7-4-10-17(13)15(18-14)9-8-12-5-2-1-3-6-12;/h1-3,5-6,13-14H,4,7-11H2;1H/q+1;/p-1/t13-,14?;/m0./s1. The Balaban J connectivity index is 0.00000133. The highest BCUT2D eigenvalue weighted by Crippen LogP contribution is 2.26. The van der Waals surface area contributed by atoms with E-state index in [-0.39, 0.29) is 24.0 Å². The van der Waals surface area contributed by atoms with Gasteiger partial charge in [-0.2, -0.15) is 4.58 Å². The van der Waals surface area contributed by atoms with Crippen LogP contribution in [0.5, 0.6) is 0 Å². The lowest BCUT2D eigenvalue weighted by atomic mass is 10.1. The van der Waals surface area contributed by atoms with Gasteiger partial charge in [0.15, 0.2) is 12.1 Å². The maximum atomic E-state index is 6.13. The first-order valence-corrected chi connectivity index (χ1v) is 8.30. The van der Waals surface area contributed by atoms with Crippen molar-refractivity contribution in [2.75, 3.05) is 11.0 Å². The highest BCUT2D eigenvalue weighted by atomic mass is 127. The molecule has 0 radical (unpaired) electrons. The topological polar surface area (TPSA) is 12.2 Å². The lowest BCUT2D eigenvalue weighted by Crippen LogP contribution is -3.00. The van der Waals surface area contributed by atoms with Crippen molar-refractivity contribution < 1.29 is 33.3 Å². The minimum atomic E-state index is 0. The van der Waals surface area contributed by atoms with E-state index in [1.54, 1.807) is 0 Å². The Labute approximate surface area is 145 Å². The largest absolute Gasteiger partial charge is 1.00 e. The smallest absolute Gasteiger partial charge is 0.337 e. The van der Waals surface area contributed by atoms with E-state index in [2.05, 4.69) is 57.5 Å². The van der Waals surface area contributed by atoms with Gasteiger partial charge in [0.2, 0.25) is 0 Å². The predicted molar refractivity (Wildman–Crippen MR) is 81.7 cm³/mol. The molecule has 0 saturated carbocycles. The van der Waals surface area contributed by atoms with E-state index in [0.29, 0.717) is 12.1 Å². The van der Waals surface area contributed by atoms with Crippen LogP contribution in [0, 0.1) is 0 Å². The molecular weight excluding hydrogens is 464 g/mol. The number of halogens is 2. The molecule has 3 rings (SSSR count). The van der Waals surface area contributed by atoms with E-state index in [0.717, 1.165) is 17.3 Å². The van der Waals surface area contributed by atoms with Crippen LogP contribution < -0.4 is 24.0 Å². The summed E-state index contributed by atoms with van der Waals surface area (Å²) in [7, 11) is 0. The first kappa shape index (κ1) is 15.5. The summed E-state index contributed by atoms with van der Waals surface area (Å²) in [6.07, 6.45) is 5.21. The molecule has 0 amide bonds. The quantitative estimate of drug-likeness (QED) is 0.335. The molecule has 0 N–H and O–H groups in total. The molecule has 2 aliphatic rings. The van der Waals surface area contributed by atoms with Gasteiger partial charge >= 0.3 is 5.90 Å². The molecule has 1 saturated heterocycles. The van der Waals surface area contributed by atoms with Crippen LogP contribution in [0.3, 0.4) is 0 Å². The lowest BCUT2D eigenvalue weighted by Gasteiger charge is -2.07. The van der Waals surface area contributed by atoms with Crippen molar-refractivity contribution in [1.29, 1.82) is 0 Å². The number of rotatable bonds is 4. The van der Waals surface area contributed by atoms with Gasteiger partial charge in [-0.1, -0.05) is 52.9 Å². The molecule has 1 aromatic rings. The molecule has 1 unspecified atom stereocenters. The third kappa shape index (κ3) is 3.43. The van der Waals surface area contributed by atoms with Crippen molar-refractivity contribution in [1.82, 2.24) is 0 Å². The monoisotopic (exact) mass is 483 g/mol. The third-order valence-corrected chi connectivity index (χ3v) is 4.83.